The van der Waals surface area contributed by atoms with Crippen LogP contribution in [0, 0.1) is 24.7 Å². The van der Waals surface area contributed by atoms with Crippen molar-refractivity contribution in [1.82, 2.24) is 4.31 Å². The monoisotopic (exact) mass is 387 g/mol. The number of rotatable bonds is 6. The highest BCUT2D eigenvalue weighted by molar-refractivity contribution is 7.89. The van der Waals surface area contributed by atoms with Crippen LogP contribution in [0.25, 0.3) is 0 Å². The minimum Gasteiger partial charge on any atom is -0.468 e. The van der Waals surface area contributed by atoms with Crippen LogP contribution in [0.5, 0.6) is 0 Å². The molecule has 1 aliphatic carbocycles. The van der Waals surface area contributed by atoms with E-state index in [4.69, 9.17) is 4.42 Å². The third-order valence-electron chi connectivity index (χ3n) is 5.58. The highest BCUT2D eigenvalue weighted by Gasteiger charge is 2.33. The third kappa shape index (κ3) is 4.53. The second kappa shape index (κ2) is 8.03. The van der Waals surface area contributed by atoms with Gasteiger partial charge in [0, 0.05) is 6.54 Å². The normalized spacial score (nSPS) is 23.4. The molecule has 0 aliphatic heterocycles. The fourth-order valence-electron chi connectivity index (χ4n) is 4.08. The van der Waals surface area contributed by atoms with E-state index in [1.165, 1.54) is 5.57 Å². The topological polar surface area (TPSA) is 50.5 Å². The number of nitrogens with zero attached hydrogens (tertiary/aromatic N) is 1. The number of sulfonamides is 1. The molecule has 4 nitrogen and oxygen atoms in total. The van der Waals surface area contributed by atoms with Crippen LogP contribution in [0.2, 0.25) is 0 Å². The number of aryl methyl sites for hydroxylation is 1. The van der Waals surface area contributed by atoms with Crippen molar-refractivity contribution in [2.75, 3.05) is 6.54 Å². The van der Waals surface area contributed by atoms with Gasteiger partial charge in [0.05, 0.1) is 17.7 Å². The van der Waals surface area contributed by atoms with Crippen LogP contribution in [0.15, 0.2) is 63.6 Å². The molecule has 146 valence electrons. The Kier molecular flexibility index (Phi) is 5.92. The van der Waals surface area contributed by atoms with Crippen LogP contribution in [0.4, 0.5) is 0 Å². The number of allylic oxidation sites excluding steroid dienone is 2. The minimum absolute atomic E-state index is 0.252. The van der Waals surface area contributed by atoms with E-state index >= 15 is 0 Å². The van der Waals surface area contributed by atoms with E-state index in [-0.39, 0.29) is 12.5 Å². The Morgan fingerprint density at radius 1 is 1.11 bits per heavy atom. The van der Waals surface area contributed by atoms with Crippen LogP contribution in [-0.2, 0) is 16.6 Å². The van der Waals surface area contributed by atoms with Gasteiger partial charge >= 0.3 is 0 Å². The molecule has 1 aromatic carbocycles. The summed E-state index contributed by atoms with van der Waals surface area (Å²) in [5, 5.41) is 0. The molecule has 3 unspecified atom stereocenters. The summed E-state index contributed by atoms with van der Waals surface area (Å²) < 4.78 is 33.8. The lowest BCUT2D eigenvalue weighted by molar-refractivity contribution is 0.208. The van der Waals surface area contributed by atoms with E-state index in [1.54, 1.807) is 28.8 Å². The summed E-state index contributed by atoms with van der Waals surface area (Å²) in [5.41, 5.74) is 2.44. The highest BCUT2D eigenvalue weighted by Crippen LogP contribution is 2.35. The molecule has 0 spiro atoms. The van der Waals surface area contributed by atoms with Crippen molar-refractivity contribution in [3.63, 3.8) is 0 Å². The summed E-state index contributed by atoms with van der Waals surface area (Å²) in [6, 6.07) is 10.7. The van der Waals surface area contributed by atoms with Crippen molar-refractivity contribution >= 4 is 10.0 Å². The fraction of sp³-hybridized carbons (Fsp3) is 0.455. The molecule has 1 heterocycles. The molecule has 0 radical (unpaired) electrons. The Morgan fingerprint density at radius 3 is 2.41 bits per heavy atom. The molecule has 0 saturated heterocycles. The van der Waals surface area contributed by atoms with Gasteiger partial charge in [-0.25, -0.2) is 8.42 Å². The average molecular weight is 388 g/mol. The molecule has 0 bridgehead atoms. The quantitative estimate of drug-likeness (QED) is 0.654. The zero-order valence-electron chi connectivity index (χ0n) is 16.6. The lowest BCUT2D eigenvalue weighted by Gasteiger charge is -2.36. The summed E-state index contributed by atoms with van der Waals surface area (Å²) in [5.74, 6) is 1.73. The Labute approximate surface area is 162 Å². The molecule has 3 atom stereocenters. The second-order valence-electron chi connectivity index (χ2n) is 7.91. The minimum atomic E-state index is -3.60. The lowest BCUT2D eigenvalue weighted by Crippen LogP contribution is -2.39. The Balaban J connectivity index is 1.92. The van der Waals surface area contributed by atoms with Crippen LogP contribution in [0.3, 0.4) is 0 Å². The van der Waals surface area contributed by atoms with Gasteiger partial charge in [0.2, 0.25) is 10.0 Å². The molecular weight excluding hydrogens is 358 g/mol. The van der Waals surface area contributed by atoms with Crippen LogP contribution < -0.4 is 0 Å². The molecule has 5 heteroatoms. The standard InChI is InChI=1S/C22H29NO3S/c1-16-7-9-21(10-8-16)27(24,25)23(14-20-6-5-11-26-20)15-22-18(3)12-17(2)13-19(22)4/h5-12,18-19,22H,13-15H2,1-4H3. The molecular formula is C22H29NO3S. The number of hydrogen-bond donors (Lipinski definition) is 0. The first-order valence-electron chi connectivity index (χ1n) is 9.54. The molecule has 0 N–H and O–H groups in total. The summed E-state index contributed by atoms with van der Waals surface area (Å²) >= 11 is 0. The lowest BCUT2D eigenvalue weighted by atomic mass is 9.75. The van der Waals surface area contributed by atoms with Gasteiger partial charge in [-0.05, 0) is 62.3 Å². The molecule has 0 saturated carbocycles. The highest BCUT2D eigenvalue weighted by atomic mass is 32.2. The molecule has 27 heavy (non-hydrogen) atoms. The van der Waals surface area contributed by atoms with Gasteiger partial charge in [-0.2, -0.15) is 4.31 Å². The van der Waals surface area contributed by atoms with Gasteiger partial charge in [0.1, 0.15) is 5.76 Å². The third-order valence-corrected chi connectivity index (χ3v) is 7.41. The van der Waals surface area contributed by atoms with Crippen LogP contribution in [-0.4, -0.2) is 19.3 Å². The van der Waals surface area contributed by atoms with Gasteiger partial charge in [-0.3, -0.25) is 0 Å². The first-order chi connectivity index (χ1) is 12.8. The van der Waals surface area contributed by atoms with E-state index in [9.17, 15) is 8.42 Å². The summed E-state index contributed by atoms with van der Waals surface area (Å²) in [4.78, 5) is 0.336. The summed E-state index contributed by atoms with van der Waals surface area (Å²) in [6.45, 7) is 9.27. The van der Waals surface area contributed by atoms with E-state index < -0.39 is 10.0 Å². The van der Waals surface area contributed by atoms with Crippen LogP contribution >= 0.6 is 0 Å². The first kappa shape index (κ1) is 19.9. The van der Waals surface area contributed by atoms with E-state index in [1.807, 2.05) is 25.1 Å². The largest absolute Gasteiger partial charge is 0.468 e. The van der Waals surface area contributed by atoms with Gasteiger partial charge in [-0.1, -0.05) is 43.2 Å². The summed E-state index contributed by atoms with van der Waals surface area (Å²) in [7, 11) is -3.60. The Morgan fingerprint density at radius 2 is 1.81 bits per heavy atom. The van der Waals surface area contributed by atoms with E-state index in [0.717, 1.165) is 12.0 Å². The zero-order valence-corrected chi connectivity index (χ0v) is 17.4. The van der Waals surface area contributed by atoms with Crippen LogP contribution in [0.1, 0.15) is 38.5 Å². The van der Waals surface area contributed by atoms with Crippen molar-refractivity contribution < 1.29 is 12.8 Å². The van der Waals surface area contributed by atoms with E-state index in [2.05, 4.69) is 26.8 Å². The second-order valence-corrected chi connectivity index (χ2v) is 9.85. The predicted molar refractivity (Wildman–Crippen MR) is 108 cm³/mol. The predicted octanol–water partition coefficient (Wildman–Crippen LogP) is 5.02. The number of furan rings is 1. The SMILES string of the molecule is CC1=CC(C)C(CN(Cc2ccco2)S(=O)(=O)c2ccc(C)cc2)C(C)C1. The average Bonchev–Trinajstić information content (AvgIpc) is 3.10. The summed E-state index contributed by atoms with van der Waals surface area (Å²) in [6.07, 6.45) is 4.90. The number of benzene rings is 1. The molecule has 1 aliphatic rings. The Hall–Kier alpha value is -1.85. The molecule has 2 aromatic rings. The van der Waals surface area contributed by atoms with Crippen molar-refractivity contribution in [3.8, 4) is 0 Å². The smallest absolute Gasteiger partial charge is 0.243 e. The van der Waals surface area contributed by atoms with Crippen molar-refractivity contribution in [2.24, 2.45) is 17.8 Å². The van der Waals surface area contributed by atoms with Crippen molar-refractivity contribution in [2.45, 2.75) is 45.6 Å². The maximum Gasteiger partial charge on any atom is 0.243 e. The first-order valence-corrected chi connectivity index (χ1v) is 11.0. The van der Waals surface area contributed by atoms with E-state index in [0.29, 0.717) is 29.0 Å². The Bertz CT molecular complexity index is 882. The van der Waals surface area contributed by atoms with Gasteiger partial charge in [-0.15, -0.1) is 0 Å². The maximum atomic E-state index is 13.4. The molecule has 0 fully saturated rings. The maximum absolute atomic E-state index is 13.4. The number of hydrogen-bond acceptors (Lipinski definition) is 3. The molecule has 1 aromatic heterocycles. The zero-order chi connectivity index (χ0) is 19.6. The fourth-order valence-corrected chi connectivity index (χ4v) is 5.53. The van der Waals surface area contributed by atoms with Gasteiger partial charge < -0.3 is 4.42 Å². The van der Waals surface area contributed by atoms with Gasteiger partial charge in [0.25, 0.3) is 0 Å². The van der Waals surface area contributed by atoms with Gasteiger partial charge in [0.15, 0.2) is 0 Å². The van der Waals surface area contributed by atoms with Crippen molar-refractivity contribution in [1.29, 1.82) is 0 Å². The van der Waals surface area contributed by atoms with Crippen molar-refractivity contribution in [3.05, 3.63) is 65.6 Å². The molecule has 3 rings (SSSR count). The molecule has 0 amide bonds.